The van der Waals surface area contributed by atoms with E-state index < -0.39 is 22.8 Å². The van der Waals surface area contributed by atoms with E-state index in [1.54, 1.807) is 0 Å². The van der Waals surface area contributed by atoms with Crippen LogP contribution in [-0.2, 0) is 0 Å². The summed E-state index contributed by atoms with van der Waals surface area (Å²) in [6.45, 7) is 2.18. The first-order valence-corrected chi connectivity index (χ1v) is 6.10. The highest BCUT2D eigenvalue weighted by molar-refractivity contribution is 7.16. The molecule has 0 bridgehead atoms. The summed E-state index contributed by atoms with van der Waals surface area (Å²) in [5, 5.41) is 9.81. The van der Waals surface area contributed by atoms with Gasteiger partial charge in [-0.3, -0.25) is 9.59 Å². The molecular weight excluding hydrogens is 258 g/mol. The molecular formula is C10H11N3O4S. The summed E-state index contributed by atoms with van der Waals surface area (Å²) in [6, 6.07) is 0. The molecule has 2 rings (SSSR count). The van der Waals surface area contributed by atoms with Crippen LogP contribution < -0.4 is 16.1 Å². The molecule has 0 radical (unpaired) electrons. The number of fused-ring (bicyclic) bond motifs is 1. The molecule has 0 saturated carbocycles. The lowest BCUT2D eigenvalue weighted by Crippen LogP contribution is -2.33. The molecule has 1 amide bonds. The van der Waals surface area contributed by atoms with Crippen LogP contribution in [-0.4, -0.2) is 27.3 Å². The van der Waals surface area contributed by atoms with Gasteiger partial charge in [-0.2, -0.15) is 0 Å². The van der Waals surface area contributed by atoms with Gasteiger partial charge in [0.1, 0.15) is 12.1 Å². The largest absolute Gasteiger partial charge is 0.505 e. The minimum Gasteiger partial charge on any atom is -0.505 e. The zero-order valence-electron chi connectivity index (χ0n) is 9.54. The zero-order chi connectivity index (χ0) is 13.3. The highest BCUT2D eigenvalue weighted by Gasteiger charge is 2.22. The van der Waals surface area contributed by atoms with Gasteiger partial charge in [0, 0.05) is 0 Å². The van der Waals surface area contributed by atoms with E-state index in [9.17, 15) is 14.7 Å². The molecule has 3 N–H and O–H groups in total. The SMILES string of the molecule is CCCOn1c(=O)c(C(N)=O)c(O)c2ncsc21. The van der Waals surface area contributed by atoms with Crippen molar-refractivity contribution in [1.82, 2.24) is 9.71 Å². The summed E-state index contributed by atoms with van der Waals surface area (Å²) in [6.07, 6.45) is 0.694. The van der Waals surface area contributed by atoms with E-state index in [1.165, 1.54) is 5.51 Å². The van der Waals surface area contributed by atoms with Gasteiger partial charge in [0.25, 0.3) is 5.91 Å². The second-order valence-electron chi connectivity index (χ2n) is 3.53. The molecule has 0 aliphatic heterocycles. The van der Waals surface area contributed by atoms with Crippen molar-refractivity contribution in [2.75, 3.05) is 6.61 Å². The van der Waals surface area contributed by atoms with E-state index in [0.29, 0.717) is 17.9 Å². The summed E-state index contributed by atoms with van der Waals surface area (Å²) < 4.78 is 0.955. The van der Waals surface area contributed by atoms with Crippen LogP contribution in [0.2, 0.25) is 0 Å². The Morgan fingerprint density at radius 3 is 3.00 bits per heavy atom. The minimum atomic E-state index is -1.01. The number of hydrogen-bond donors (Lipinski definition) is 2. The molecule has 2 aromatic rings. The predicted molar refractivity (Wildman–Crippen MR) is 65.8 cm³/mol. The first-order chi connectivity index (χ1) is 8.57. The van der Waals surface area contributed by atoms with E-state index in [0.717, 1.165) is 16.1 Å². The van der Waals surface area contributed by atoms with Gasteiger partial charge in [0.15, 0.2) is 16.1 Å². The molecule has 2 heterocycles. The predicted octanol–water partition coefficient (Wildman–Crippen LogP) is 0.101. The molecule has 8 heteroatoms. The number of primary amides is 1. The number of amides is 1. The number of aromatic hydroxyl groups is 1. The monoisotopic (exact) mass is 269 g/mol. The van der Waals surface area contributed by atoms with E-state index in [-0.39, 0.29) is 5.52 Å². The molecule has 0 aromatic carbocycles. The van der Waals surface area contributed by atoms with Crippen molar-refractivity contribution >= 4 is 27.6 Å². The average Bonchev–Trinajstić information content (AvgIpc) is 2.77. The Hall–Kier alpha value is -2.09. The van der Waals surface area contributed by atoms with Gasteiger partial charge in [-0.15, -0.1) is 16.1 Å². The number of carbonyl (C=O) groups excluding carboxylic acids is 1. The molecule has 0 saturated heterocycles. The van der Waals surface area contributed by atoms with E-state index in [2.05, 4.69) is 4.98 Å². The fourth-order valence-electron chi connectivity index (χ4n) is 1.48. The Morgan fingerprint density at radius 1 is 1.67 bits per heavy atom. The maximum absolute atomic E-state index is 12.0. The van der Waals surface area contributed by atoms with Crippen LogP contribution in [0.5, 0.6) is 5.75 Å². The standard InChI is InChI=1S/C10H11N3O4S/c1-2-3-17-13-9(16)5(8(11)15)7(14)6-10(13)18-4-12-6/h4,14H,2-3H2,1H3,(H2,11,15). The molecule has 0 fully saturated rings. The van der Waals surface area contributed by atoms with Gasteiger partial charge in [-0.25, -0.2) is 4.98 Å². The fraction of sp³-hybridized carbons (Fsp3) is 0.300. The smallest absolute Gasteiger partial charge is 0.301 e. The Labute approximate surface area is 105 Å². The topological polar surface area (TPSA) is 107 Å². The van der Waals surface area contributed by atoms with Gasteiger partial charge in [-0.1, -0.05) is 6.92 Å². The van der Waals surface area contributed by atoms with Crippen LogP contribution in [0, 0.1) is 0 Å². The van der Waals surface area contributed by atoms with Crippen molar-refractivity contribution in [3.8, 4) is 5.75 Å². The Balaban J connectivity index is 2.78. The van der Waals surface area contributed by atoms with Crippen molar-refractivity contribution in [3.63, 3.8) is 0 Å². The number of thiazole rings is 1. The van der Waals surface area contributed by atoms with Crippen LogP contribution >= 0.6 is 11.3 Å². The minimum absolute atomic E-state index is 0.129. The van der Waals surface area contributed by atoms with Crippen molar-refractivity contribution < 1.29 is 14.7 Å². The second-order valence-corrected chi connectivity index (χ2v) is 4.36. The molecule has 0 aliphatic carbocycles. The molecule has 0 aliphatic rings. The molecule has 0 atom stereocenters. The number of rotatable bonds is 4. The lowest BCUT2D eigenvalue weighted by Gasteiger charge is -2.10. The quantitative estimate of drug-likeness (QED) is 0.818. The fourth-order valence-corrected chi connectivity index (χ4v) is 2.23. The van der Waals surface area contributed by atoms with E-state index >= 15 is 0 Å². The van der Waals surface area contributed by atoms with Gasteiger partial charge in [0.05, 0.1) is 5.51 Å². The number of aromatic nitrogens is 2. The zero-order valence-corrected chi connectivity index (χ0v) is 10.4. The van der Waals surface area contributed by atoms with Crippen LogP contribution in [0.4, 0.5) is 0 Å². The number of nitrogens with two attached hydrogens (primary N) is 1. The highest BCUT2D eigenvalue weighted by Crippen LogP contribution is 2.26. The van der Waals surface area contributed by atoms with Crippen molar-refractivity contribution in [2.24, 2.45) is 5.73 Å². The van der Waals surface area contributed by atoms with Gasteiger partial charge < -0.3 is 15.7 Å². The first-order valence-electron chi connectivity index (χ1n) is 5.22. The normalized spacial score (nSPS) is 10.7. The first kappa shape index (κ1) is 12.4. The number of pyridine rings is 1. The summed E-state index contributed by atoms with van der Waals surface area (Å²) in [7, 11) is 0. The third-order valence-electron chi connectivity index (χ3n) is 2.26. The average molecular weight is 269 g/mol. The molecule has 0 unspecified atom stereocenters. The van der Waals surface area contributed by atoms with Crippen LogP contribution in [0.1, 0.15) is 23.7 Å². The van der Waals surface area contributed by atoms with Gasteiger partial charge >= 0.3 is 5.56 Å². The second kappa shape index (κ2) is 4.65. The summed E-state index contributed by atoms with van der Waals surface area (Å²) in [5.74, 6) is -1.51. The Morgan fingerprint density at radius 2 is 2.39 bits per heavy atom. The lowest BCUT2D eigenvalue weighted by atomic mass is 10.2. The molecule has 2 aromatic heterocycles. The van der Waals surface area contributed by atoms with Gasteiger partial charge in [0.2, 0.25) is 0 Å². The number of nitrogens with zero attached hydrogens (tertiary/aromatic N) is 2. The van der Waals surface area contributed by atoms with Crippen molar-refractivity contribution in [2.45, 2.75) is 13.3 Å². The van der Waals surface area contributed by atoms with E-state index in [1.807, 2.05) is 6.92 Å². The van der Waals surface area contributed by atoms with Crippen LogP contribution in [0.15, 0.2) is 10.3 Å². The number of hydrogen-bond acceptors (Lipinski definition) is 6. The maximum atomic E-state index is 12.0. The van der Waals surface area contributed by atoms with Crippen LogP contribution in [0.25, 0.3) is 10.3 Å². The van der Waals surface area contributed by atoms with Gasteiger partial charge in [-0.05, 0) is 6.42 Å². The van der Waals surface area contributed by atoms with Crippen molar-refractivity contribution in [1.29, 1.82) is 0 Å². The molecule has 18 heavy (non-hydrogen) atoms. The maximum Gasteiger partial charge on any atom is 0.301 e. The van der Waals surface area contributed by atoms with Crippen molar-refractivity contribution in [3.05, 3.63) is 21.4 Å². The third-order valence-corrected chi connectivity index (χ3v) is 3.06. The Bertz CT molecular complexity index is 661. The summed E-state index contributed by atoms with van der Waals surface area (Å²) in [5.41, 5.74) is 5.37. The molecule has 96 valence electrons. The number of carbonyl (C=O) groups is 1. The lowest BCUT2D eigenvalue weighted by molar-refractivity contribution is 0.0969. The third kappa shape index (κ3) is 1.80. The molecule has 7 nitrogen and oxygen atoms in total. The summed E-state index contributed by atoms with van der Waals surface area (Å²) in [4.78, 5) is 32.7. The van der Waals surface area contributed by atoms with E-state index in [4.69, 9.17) is 10.6 Å². The van der Waals surface area contributed by atoms with Crippen LogP contribution in [0.3, 0.4) is 0 Å². The highest BCUT2D eigenvalue weighted by atomic mass is 32.1. The Kier molecular flexibility index (Phi) is 3.19. The molecule has 0 spiro atoms. The summed E-state index contributed by atoms with van der Waals surface area (Å²) >= 11 is 1.13.